The van der Waals surface area contributed by atoms with Crippen LogP contribution in [0.5, 0.6) is 0 Å². The molecule has 4 nitrogen and oxygen atoms in total. The Balaban J connectivity index is 2.78. The molecule has 13 heavy (non-hydrogen) atoms. The SMILES string of the molecule is CC(=O)ON(C=O)c1ccccc1. The molecule has 0 saturated heterocycles. The minimum Gasteiger partial charge on any atom is -0.334 e. The molecule has 1 aromatic rings. The minimum absolute atomic E-state index is 0.441. The zero-order chi connectivity index (χ0) is 9.68. The lowest BCUT2D eigenvalue weighted by atomic mass is 10.3. The lowest BCUT2D eigenvalue weighted by Crippen LogP contribution is -2.23. The Hall–Kier alpha value is -1.84. The van der Waals surface area contributed by atoms with E-state index in [4.69, 9.17) is 0 Å². The van der Waals surface area contributed by atoms with Crippen LogP contribution < -0.4 is 5.06 Å². The average molecular weight is 179 g/mol. The third-order valence-corrected chi connectivity index (χ3v) is 1.33. The molecule has 0 atom stereocenters. The predicted octanol–water partition coefficient (Wildman–Crippen LogP) is 1.13. The number of benzene rings is 1. The van der Waals surface area contributed by atoms with Gasteiger partial charge in [-0.1, -0.05) is 18.2 Å². The Kier molecular flexibility index (Phi) is 3.03. The summed E-state index contributed by atoms with van der Waals surface area (Å²) in [4.78, 5) is 25.7. The summed E-state index contributed by atoms with van der Waals surface area (Å²) in [6.07, 6.45) is 0.441. The second-order valence-corrected chi connectivity index (χ2v) is 2.35. The van der Waals surface area contributed by atoms with Crippen molar-refractivity contribution in [3.05, 3.63) is 30.3 Å². The van der Waals surface area contributed by atoms with E-state index in [1.54, 1.807) is 30.3 Å². The van der Waals surface area contributed by atoms with E-state index in [0.29, 0.717) is 12.1 Å². The Morgan fingerprint density at radius 1 is 1.38 bits per heavy atom. The van der Waals surface area contributed by atoms with Crippen molar-refractivity contribution in [2.45, 2.75) is 6.92 Å². The maximum absolute atomic E-state index is 10.6. The van der Waals surface area contributed by atoms with Gasteiger partial charge in [0.2, 0.25) is 6.41 Å². The molecule has 1 amide bonds. The highest BCUT2D eigenvalue weighted by Gasteiger charge is 2.06. The molecule has 0 saturated carbocycles. The highest BCUT2D eigenvalue weighted by molar-refractivity contribution is 5.77. The van der Waals surface area contributed by atoms with E-state index in [2.05, 4.69) is 4.84 Å². The number of amides is 1. The predicted molar refractivity (Wildman–Crippen MR) is 46.8 cm³/mol. The molecule has 0 aliphatic rings. The number of nitrogens with zero attached hydrogens (tertiary/aromatic N) is 1. The standard InChI is InChI=1S/C9H9NO3/c1-8(12)13-10(7-11)9-5-3-2-4-6-9/h2-7H,1H3. The van der Waals surface area contributed by atoms with Crippen molar-refractivity contribution in [2.24, 2.45) is 0 Å². The fraction of sp³-hybridized carbons (Fsp3) is 0.111. The van der Waals surface area contributed by atoms with Gasteiger partial charge in [-0.3, -0.25) is 4.79 Å². The number of rotatable bonds is 3. The second-order valence-electron chi connectivity index (χ2n) is 2.35. The van der Waals surface area contributed by atoms with Crippen LogP contribution in [0.1, 0.15) is 6.92 Å². The zero-order valence-corrected chi connectivity index (χ0v) is 7.14. The highest BCUT2D eigenvalue weighted by atomic mass is 16.7. The van der Waals surface area contributed by atoms with Gasteiger partial charge in [0.05, 0.1) is 5.69 Å². The molecule has 0 radical (unpaired) electrons. The van der Waals surface area contributed by atoms with E-state index in [1.165, 1.54) is 6.92 Å². The van der Waals surface area contributed by atoms with Gasteiger partial charge >= 0.3 is 5.97 Å². The van der Waals surface area contributed by atoms with E-state index in [1.807, 2.05) is 0 Å². The number of anilines is 1. The first-order valence-corrected chi connectivity index (χ1v) is 3.72. The van der Waals surface area contributed by atoms with E-state index in [-0.39, 0.29) is 0 Å². The van der Waals surface area contributed by atoms with Crippen LogP contribution in [0, 0.1) is 0 Å². The molecule has 0 aliphatic carbocycles. The molecular weight excluding hydrogens is 170 g/mol. The third kappa shape index (κ3) is 2.59. The quantitative estimate of drug-likeness (QED) is 0.516. The molecule has 1 aromatic carbocycles. The Morgan fingerprint density at radius 3 is 2.46 bits per heavy atom. The van der Waals surface area contributed by atoms with Crippen molar-refractivity contribution in [3.8, 4) is 0 Å². The van der Waals surface area contributed by atoms with Gasteiger partial charge in [0.1, 0.15) is 0 Å². The number of para-hydroxylation sites is 1. The van der Waals surface area contributed by atoms with Crippen LogP contribution in [-0.2, 0) is 14.4 Å². The Labute approximate surface area is 75.7 Å². The lowest BCUT2D eigenvalue weighted by molar-refractivity contribution is -0.145. The monoisotopic (exact) mass is 179 g/mol. The summed E-state index contributed by atoms with van der Waals surface area (Å²) >= 11 is 0. The van der Waals surface area contributed by atoms with E-state index in [0.717, 1.165) is 5.06 Å². The lowest BCUT2D eigenvalue weighted by Gasteiger charge is -2.14. The van der Waals surface area contributed by atoms with Crippen LogP contribution in [0.4, 0.5) is 5.69 Å². The fourth-order valence-corrected chi connectivity index (χ4v) is 0.848. The average Bonchev–Trinajstić information content (AvgIpc) is 2.15. The van der Waals surface area contributed by atoms with Gasteiger partial charge in [-0.25, -0.2) is 4.79 Å². The van der Waals surface area contributed by atoms with Crippen molar-refractivity contribution < 1.29 is 14.4 Å². The Morgan fingerprint density at radius 2 is 2.00 bits per heavy atom. The topological polar surface area (TPSA) is 46.6 Å². The van der Waals surface area contributed by atoms with Gasteiger partial charge in [-0.15, -0.1) is 5.06 Å². The molecule has 0 aromatic heterocycles. The first-order chi connectivity index (χ1) is 6.24. The van der Waals surface area contributed by atoms with Gasteiger partial charge in [0.25, 0.3) is 0 Å². The maximum Gasteiger partial charge on any atom is 0.330 e. The van der Waals surface area contributed by atoms with Crippen molar-refractivity contribution in [2.75, 3.05) is 5.06 Å². The Bertz CT molecular complexity index is 297. The first kappa shape index (κ1) is 9.25. The van der Waals surface area contributed by atoms with Crippen LogP contribution in [0.25, 0.3) is 0 Å². The number of hydrogen-bond donors (Lipinski definition) is 0. The molecule has 0 heterocycles. The normalized spacial score (nSPS) is 9.00. The molecule has 0 aliphatic heterocycles. The summed E-state index contributed by atoms with van der Waals surface area (Å²) in [6, 6.07) is 8.62. The van der Waals surface area contributed by atoms with Crippen molar-refractivity contribution in [1.29, 1.82) is 0 Å². The van der Waals surface area contributed by atoms with E-state index >= 15 is 0 Å². The van der Waals surface area contributed by atoms with Crippen molar-refractivity contribution in [3.63, 3.8) is 0 Å². The van der Waals surface area contributed by atoms with Crippen molar-refractivity contribution in [1.82, 2.24) is 0 Å². The van der Waals surface area contributed by atoms with Gasteiger partial charge in [0, 0.05) is 6.92 Å². The van der Waals surface area contributed by atoms with Crippen LogP contribution >= 0.6 is 0 Å². The van der Waals surface area contributed by atoms with E-state index < -0.39 is 5.97 Å². The largest absolute Gasteiger partial charge is 0.334 e. The summed E-state index contributed by atoms with van der Waals surface area (Å²) in [5, 5.41) is 0.877. The van der Waals surface area contributed by atoms with Crippen LogP contribution in [0.3, 0.4) is 0 Å². The van der Waals surface area contributed by atoms with Gasteiger partial charge in [0.15, 0.2) is 0 Å². The number of carbonyl (C=O) groups is 2. The zero-order valence-electron chi connectivity index (χ0n) is 7.14. The maximum atomic E-state index is 10.6. The number of hydrogen-bond acceptors (Lipinski definition) is 3. The molecule has 0 bridgehead atoms. The molecule has 68 valence electrons. The molecule has 4 heteroatoms. The summed E-state index contributed by atoms with van der Waals surface area (Å²) < 4.78 is 0. The van der Waals surface area contributed by atoms with Crippen molar-refractivity contribution >= 4 is 18.1 Å². The summed E-state index contributed by atoms with van der Waals surface area (Å²) in [5.41, 5.74) is 0.521. The fourth-order valence-electron chi connectivity index (χ4n) is 0.848. The highest BCUT2D eigenvalue weighted by Crippen LogP contribution is 2.11. The van der Waals surface area contributed by atoms with Gasteiger partial charge in [-0.05, 0) is 12.1 Å². The number of hydroxylamine groups is 1. The molecule has 1 rings (SSSR count). The second kappa shape index (κ2) is 4.25. The molecule has 0 N–H and O–H groups in total. The summed E-state index contributed by atoms with van der Waals surface area (Å²) in [7, 11) is 0. The first-order valence-electron chi connectivity index (χ1n) is 3.72. The number of carbonyl (C=O) groups excluding carboxylic acids is 2. The van der Waals surface area contributed by atoms with Gasteiger partial charge in [-0.2, -0.15) is 0 Å². The molecular formula is C9H9NO3. The third-order valence-electron chi connectivity index (χ3n) is 1.33. The summed E-state index contributed by atoms with van der Waals surface area (Å²) in [6.45, 7) is 1.24. The molecule has 0 fully saturated rings. The smallest absolute Gasteiger partial charge is 0.330 e. The van der Waals surface area contributed by atoms with Crippen LogP contribution in [-0.4, -0.2) is 12.4 Å². The van der Waals surface area contributed by atoms with Crippen LogP contribution in [0.15, 0.2) is 30.3 Å². The minimum atomic E-state index is -0.532. The summed E-state index contributed by atoms with van der Waals surface area (Å²) in [5.74, 6) is -0.532. The van der Waals surface area contributed by atoms with Gasteiger partial charge < -0.3 is 4.84 Å². The molecule has 0 unspecified atom stereocenters. The molecule has 0 spiro atoms. The van der Waals surface area contributed by atoms with E-state index in [9.17, 15) is 9.59 Å². The van der Waals surface area contributed by atoms with Crippen LogP contribution in [0.2, 0.25) is 0 Å².